The third-order valence-corrected chi connectivity index (χ3v) is 4.03. The molecule has 0 fully saturated rings. The van der Waals surface area contributed by atoms with Crippen LogP contribution < -0.4 is 0 Å². The van der Waals surface area contributed by atoms with Gasteiger partial charge >= 0.3 is 0 Å². The summed E-state index contributed by atoms with van der Waals surface area (Å²) < 4.78 is 1.11. The van der Waals surface area contributed by atoms with E-state index >= 15 is 0 Å². The fourth-order valence-corrected chi connectivity index (χ4v) is 2.41. The van der Waals surface area contributed by atoms with Gasteiger partial charge in [-0.15, -0.1) is 0 Å². The van der Waals surface area contributed by atoms with Crippen molar-refractivity contribution >= 4 is 15.9 Å². The van der Waals surface area contributed by atoms with Gasteiger partial charge in [0.05, 0.1) is 6.61 Å². The van der Waals surface area contributed by atoms with Crippen LogP contribution in [0.4, 0.5) is 0 Å². The minimum atomic E-state index is 0.0900. The Bertz CT molecular complexity index is 547. The molecular formula is C15H15BrO. The monoisotopic (exact) mass is 290 g/mol. The van der Waals surface area contributed by atoms with Crippen molar-refractivity contribution in [2.24, 2.45) is 0 Å². The Kier molecular flexibility index (Phi) is 3.65. The van der Waals surface area contributed by atoms with Crippen LogP contribution in [-0.4, -0.2) is 5.11 Å². The largest absolute Gasteiger partial charge is 0.392 e. The number of hydrogen-bond donors (Lipinski definition) is 1. The zero-order valence-corrected chi connectivity index (χ0v) is 11.6. The summed E-state index contributed by atoms with van der Waals surface area (Å²) in [5.74, 6) is 0. The van der Waals surface area contributed by atoms with E-state index < -0.39 is 0 Å². The summed E-state index contributed by atoms with van der Waals surface area (Å²) in [6, 6.07) is 12.3. The number of aliphatic hydroxyl groups is 1. The number of hydrogen-bond acceptors (Lipinski definition) is 1. The van der Waals surface area contributed by atoms with Gasteiger partial charge in [0.25, 0.3) is 0 Å². The molecule has 1 N–H and O–H groups in total. The summed E-state index contributed by atoms with van der Waals surface area (Å²) in [6.07, 6.45) is 0. The van der Waals surface area contributed by atoms with Crippen LogP contribution in [0.2, 0.25) is 0 Å². The third-order valence-electron chi connectivity index (χ3n) is 3.17. The molecule has 0 bridgehead atoms. The number of aliphatic hydroxyl groups excluding tert-OH is 1. The Morgan fingerprint density at radius 1 is 0.941 bits per heavy atom. The number of rotatable bonds is 2. The average molecular weight is 291 g/mol. The number of halogens is 1. The van der Waals surface area contributed by atoms with Crippen molar-refractivity contribution in [3.63, 3.8) is 0 Å². The fraction of sp³-hybridized carbons (Fsp3) is 0.200. The summed E-state index contributed by atoms with van der Waals surface area (Å²) in [5, 5.41) is 9.30. The molecule has 0 aliphatic carbocycles. The highest BCUT2D eigenvalue weighted by molar-refractivity contribution is 9.10. The second-order valence-corrected chi connectivity index (χ2v) is 5.01. The molecule has 0 heterocycles. The van der Waals surface area contributed by atoms with Gasteiger partial charge in [0.15, 0.2) is 0 Å². The molecule has 2 aromatic rings. The lowest BCUT2D eigenvalue weighted by atomic mass is 9.94. The third kappa shape index (κ3) is 2.28. The van der Waals surface area contributed by atoms with E-state index in [1.54, 1.807) is 0 Å². The Morgan fingerprint density at radius 3 is 2.18 bits per heavy atom. The van der Waals surface area contributed by atoms with Crippen molar-refractivity contribution < 1.29 is 5.11 Å². The summed E-state index contributed by atoms with van der Waals surface area (Å²) in [7, 11) is 0. The average Bonchev–Trinajstić information content (AvgIpc) is 2.33. The van der Waals surface area contributed by atoms with Gasteiger partial charge in [-0.3, -0.25) is 0 Å². The summed E-state index contributed by atoms with van der Waals surface area (Å²) in [6.45, 7) is 4.25. The lowest BCUT2D eigenvalue weighted by molar-refractivity contribution is 0.281. The molecule has 2 rings (SSSR count). The highest BCUT2D eigenvalue weighted by Crippen LogP contribution is 2.31. The highest BCUT2D eigenvalue weighted by Gasteiger charge is 2.09. The fourth-order valence-electron chi connectivity index (χ4n) is 2.05. The Labute approximate surface area is 110 Å². The molecule has 0 aliphatic heterocycles. The molecule has 0 aromatic heterocycles. The van der Waals surface area contributed by atoms with E-state index in [0.29, 0.717) is 0 Å². The molecule has 0 radical (unpaired) electrons. The van der Waals surface area contributed by atoms with E-state index in [1.165, 1.54) is 16.7 Å². The highest BCUT2D eigenvalue weighted by atomic mass is 79.9. The maximum atomic E-state index is 9.30. The SMILES string of the molecule is Cc1c(Br)cccc1-c1cccc(CO)c1C. The maximum Gasteiger partial charge on any atom is 0.0684 e. The normalized spacial score (nSPS) is 10.6. The molecule has 0 saturated carbocycles. The minimum absolute atomic E-state index is 0.0900. The van der Waals surface area contributed by atoms with E-state index in [0.717, 1.165) is 15.6 Å². The van der Waals surface area contributed by atoms with E-state index in [4.69, 9.17) is 0 Å². The van der Waals surface area contributed by atoms with Gasteiger partial charge in [-0.1, -0.05) is 46.3 Å². The second kappa shape index (κ2) is 5.03. The zero-order chi connectivity index (χ0) is 12.4. The van der Waals surface area contributed by atoms with Crippen molar-refractivity contribution in [1.82, 2.24) is 0 Å². The van der Waals surface area contributed by atoms with Crippen LogP contribution in [0.15, 0.2) is 40.9 Å². The van der Waals surface area contributed by atoms with Crippen LogP contribution in [0.5, 0.6) is 0 Å². The molecule has 1 nitrogen and oxygen atoms in total. The summed E-state index contributed by atoms with van der Waals surface area (Å²) >= 11 is 3.55. The first-order valence-corrected chi connectivity index (χ1v) is 6.39. The quantitative estimate of drug-likeness (QED) is 0.878. The lowest BCUT2D eigenvalue weighted by Crippen LogP contribution is -1.93. The molecule has 88 valence electrons. The van der Waals surface area contributed by atoms with Gasteiger partial charge in [0, 0.05) is 4.47 Å². The maximum absolute atomic E-state index is 9.30. The zero-order valence-electron chi connectivity index (χ0n) is 10.00. The van der Waals surface area contributed by atoms with Crippen molar-refractivity contribution in [2.45, 2.75) is 20.5 Å². The Morgan fingerprint density at radius 2 is 1.53 bits per heavy atom. The molecule has 2 heteroatoms. The molecule has 0 unspecified atom stereocenters. The van der Waals surface area contributed by atoms with Crippen molar-refractivity contribution in [3.8, 4) is 11.1 Å². The van der Waals surface area contributed by atoms with Crippen LogP contribution in [0, 0.1) is 13.8 Å². The second-order valence-electron chi connectivity index (χ2n) is 4.16. The first-order valence-electron chi connectivity index (χ1n) is 5.60. The molecule has 0 atom stereocenters. The van der Waals surface area contributed by atoms with Gasteiger partial charge < -0.3 is 5.11 Å². The van der Waals surface area contributed by atoms with Gasteiger partial charge in [-0.2, -0.15) is 0 Å². The smallest absolute Gasteiger partial charge is 0.0684 e. The van der Waals surface area contributed by atoms with Gasteiger partial charge in [0.2, 0.25) is 0 Å². The molecular weight excluding hydrogens is 276 g/mol. The molecule has 0 spiro atoms. The van der Waals surface area contributed by atoms with Crippen molar-refractivity contribution in [3.05, 3.63) is 57.6 Å². The minimum Gasteiger partial charge on any atom is -0.392 e. The predicted octanol–water partition coefficient (Wildman–Crippen LogP) is 4.23. The van der Waals surface area contributed by atoms with Crippen LogP contribution in [0.1, 0.15) is 16.7 Å². The van der Waals surface area contributed by atoms with E-state index in [-0.39, 0.29) is 6.61 Å². The molecule has 0 aliphatic rings. The first kappa shape index (κ1) is 12.3. The lowest BCUT2D eigenvalue weighted by Gasteiger charge is -2.13. The summed E-state index contributed by atoms with van der Waals surface area (Å²) in [4.78, 5) is 0. The molecule has 17 heavy (non-hydrogen) atoms. The van der Waals surface area contributed by atoms with Gasteiger partial charge in [-0.25, -0.2) is 0 Å². The van der Waals surface area contributed by atoms with E-state index in [1.807, 2.05) is 24.3 Å². The number of benzene rings is 2. The van der Waals surface area contributed by atoms with Crippen molar-refractivity contribution in [1.29, 1.82) is 0 Å². The first-order chi connectivity index (χ1) is 8.15. The van der Waals surface area contributed by atoms with Crippen LogP contribution in [0.3, 0.4) is 0 Å². The standard InChI is InChI=1S/C15H15BrO/c1-10-12(9-17)5-3-6-13(10)14-7-4-8-15(16)11(14)2/h3-8,17H,9H2,1-2H3. The molecule has 2 aromatic carbocycles. The molecule has 0 saturated heterocycles. The predicted molar refractivity (Wildman–Crippen MR) is 75.0 cm³/mol. The van der Waals surface area contributed by atoms with Crippen LogP contribution in [-0.2, 0) is 6.61 Å². The summed E-state index contributed by atoms with van der Waals surface area (Å²) in [5.41, 5.74) is 5.77. The van der Waals surface area contributed by atoms with Crippen LogP contribution >= 0.6 is 15.9 Å². The van der Waals surface area contributed by atoms with Crippen molar-refractivity contribution in [2.75, 3.05) is 0 Å². The van der Waals surface area contributed by atoms with E-state index in [2.05, 4.69) is 41.9 Å². The van der Waals surface area contributed by atoms with E-state index in [9.17, 15) is 5.11 Å². The topological polar surface area (TPSA) is 20.2 Å². The Balaban J connectivity index is 2.65. The van der Waals surface area contributed by atoms with Gasteiger partial charge in [-0.05, 0) is 47.7 Å². The van der Waals surface area contributed by atoms with Gasteiger partial charge in [0.1, 0.15) is 0 Å². The molecule has 0 amide bonds. The Hall–Kier alpha value is -1.12. The van der Waals surface area contributed by atoms with Crippen LogP contribution in [0.25, 0.3) is 11.1 Å².